The molecule has 1 aliphatic rings. The number of alkyl halides is 3. The molecule has 0 aliphatic heterocycles. The van der Waals surface area contributed by atoms with Crippen LogP contribution >= 0.6 is 0 Å². The minimum absolute atomic E-state index is 0.104. The predicted molar refractivity (Wildman–Crippen MR) is 60.6 cm³/mol. The molecule has 2 unspecified atom stereocenters. The Hall–Kier alpha value is -1.47. The lowest BCUT2D eigenvalue weighted by Crippen LogP contribution is -2.59. The van der Waals surface area contributed by atoms with E-state index in [1.807, 2.05) is 6.92 Å². The lowest BCUT2D eigenvalue weighted by molar-refractivity contribution is -0.146. The number of nitrogens with one attached hydrogen (secondary N) is 2. The molecule has 0 spiro atoms. The maximum absolute atomic E-state index is 12.0. The minimum Gasteiger partial charge on any atom is -0.480 e. The lowest BCUT2D eigenvalue weighted by Gasteiger charge is -2.37. The number of aliphatic carboxylic acids is 1. The second kappa shape index (κ2) is 5.66. The minimum atomic E-state index is -4.52. The second-order valence-corrected chi connectivity index (χ2v) is 5.01. The summed E-state index contributed by atoms with van der Waals surface area (Å²) in [4.78, 5) is 22.7. The van der Waals surface area contributed by atoms with Crippen LogP contribution in [0.15, 0.2) is 0 Å². The fourth-order valence-electron chi connectivity index (χ4n) is 2.35. The van der Waals surface area contributed by atoms with E-state index in [-0.39, 0.29) is 18.8 Å². The molecule has 0 saturated heterocycles. The Morgan fingerprint density at radius 1 is 1.42 bits per heavy atom. The number of carbonyl (C=O) groups is 2. The van der Waals surface area contributed by atoms with Crippen LogP contribution in [0.25, 0.3) is 0 Å². The van der Waals surface area contributed by atoms with E-state index < -0.39 is 30.3 Å². The Balaban J connectivity index is 2.64. The van der Waals surface area contributed by atoms with Gasteiger partial charge in [-0.05, 0) is 18.8 Å². The highest BCUT2D eigenvalue weighted by Crippen LogP contribution is 2.32. The van der Waals surface area contributed by atoms with E-state index in [9.17, 15) is 27.9 Å². The zero-order valence-electron chi connectivity index (χ0n) is 10.5. The summed E-state index contributed by atoms with van der Waals surface area (Å²) in [6, 6.07) is -1.10. The van der Waals surface area contributed by atoms with Crippen molar-refractivity contribution in [3.05, 3.63) is 0 Å². The van der Waals surface area contributed by atoms with Crippen LogP contribution < -0.4 is 10.6 Å². The first-order valence-corrected chi connectivity index (χ1v) is 6.01. The van der Waals surface area contributed by atoms with E-state index in [2.05, 4.69) is 5.32 Å². The van der Waals surface area contributed by atoms with Gasteiger partial charge in [-0.2, -0.15) is 13.2 Å². The molecule has 0 aromatic heterocycles. The molecular weight excluding hydrogens is 265 g/mol. The van der Waals surface area contributed by atoms with Gasteiger partial charge in [-0.15, -0.1) is 0 Å². The second-order valence-electron chi connectivity index (χ2n) is 5.01. The highest BCUT2D eigenvalue weighted by Gasteiger charge is 2.43. The Bertz CT molecular complexity index is 360. The molecule has 2 atom stereocenters. The number of hydrogen-bond donors (Lipinski definition) is 3. The molecule has 1 fully saturated rings. The third kappa shape index (κ3) is 4.60. The Labute approximate surface area is 108 Å². The third-order valence-electron chi connectivity index (χ3n) is 3.21. The van der Waals surface area contributed by atoms with Crippen molar-refractivity contribution >= 4 is 12.0 Å². The van der Waals surface area contributed by atoms with Crippen molar-refractivity contribution < 1.29 is 27.9 Å². The van der Waals surface area contributed by atoms with E-state index in [0.29, 0.717) is 6.42 Å². The average molecular weight is 282 g/mol. The number of carbonyl (C=O) groups excluding carboxylic acids is 1. The van der Waals surface area contributed by atoms with Gasteiger partial charge in [0, 0.05) is 0 Å². The topological polar surface area (TPSA) is 78.4 Å². The summed E-state index contributed by atoms with van der Waals surface area (Å²) in [5, 5.41) is 13.0. The normalized spacial score (nSPS) is 27.7. The average Bonchev–Trinajstić information content (AvgIpc) is 2.25. The van der Waals surface area contributed by atoms with Gasteiger partial charge in [0.1, 0.15) is 12.1 Å². The van der Waals surface area contributed by atoms with Crippen molar-refractivity contribution in [1.82, 2.24) is 10.6 Å². The highest BCUT2D eigenvalue weighted by atomic mass is 19.4. The largest absolute Gasteiger partial charge is 0.480 e. The number of carboxylic acid groups (broad SMARTS) is 1. The SMILES string of the molecule is CC1CCCC(NC(=O)NCC(F)(F)F)(C(=O)O)C1. The van der Waals surface area contributed by atoms with Crippen molar-refractivity contribution in [2.75, 3.05) is 6.54 Å². The Morgan fingerprint density at radius 3 is 2.53 bits per heavy atom. The molecule has 0 radical (unpaired) electrons. The number of urea groups is 1. The van der Waals surface area contributed by atoms with Gasteiger partial charge in [0.15, 0.2) is 0 Å². The quantitative estimate of drug-likeness (QED) is 0.739. The van der Waals surface area contributed by atoms with Crippen molar-refractivity contribution in [2.45, 2.75) is 44.3 Å². The van der Waals surface area contributed by atoms with Crippen LogP contribution in [0.5, 0.6) is 0 Å². The van der Waals surface area contributed by atoms with Gasteiger partial charge in [-0.3, -0.25) is 0 Å². The number of hydrogen-bond acceptors (Lipinski definition) is 2. The first-order valence-electron chi connectivity index (χ1n) is 6.01. The van der Waals surface area contributed by atoms with Gasteiger partial charge in [0.05, 0.1) is 0 Å². The standard InChI is InChI=1S/C11H17F3N2O3/c1-7-3-2-4-10(5-7,8(17)18)16-9(19)15-6-11(12,13)14/h7H,2-6H2,1H3,(H,17,18)(H2,15,16,19). The molecule has 110 valence electrons. The zero-order valence-corrected chi connectivity index (χ0v) is 10.5. The summed E-state index contributed by atoms with van der Waals surface area (Å²) in [6.07, 6.45) is -2.60. The van der Waals surface area contributed by atoms with Crippen LogP contribution in [0.1, 0.15) is 32.6 Å². The summed E-state index contributed by atoms with van der Waals surface area (Å²) in [5.41, 5.74) is -1.46. The molecule has 5 nitrogen and oxygen atoms in total. The molecule has 1 saturated carbocycles. The number of rotatable bonds is 3. The number of carboxylic acids is 1. The summed E-state index contributed by atoms with van der Waals surface area (Å²) >= 11 is 0. The van der Waals surface area contributed by atoms with E-state index in [4.69, 9.17) is 0 Å². The highest BCUT2D eigenvalue weighted by molar-refractivity contribution is 5.86. The van der Waals surface area contributed by atoms with Crippen LogP contribution in [-0.4, -0.2) is 35.4 Å². The van der Waals surface area contributed by atoms with Crippen LogP contribution in [0.4, 0.5) is 18.0 Å². The van der Waals surface area contributed by atoms with Crippen molar-refractivity contribution in [1.29, 1.82) is 0 Å². The molecule has 1 aliphatic carbocycles. The molecule has 2 amide bonds. The summed E-state index contributed by atoms with van der Waals surface area (Å²) < 4.78 is 35.9. The molecule has 0 bridgehead atoms. The zero-order chi connectivity index (χ0) is 14.7. The molecule has 0 heterocycles. The van der Waals surface area contributed by atoms with Gasteiger partial charge in [-0.1, -0.05) is 19.8 Å². The Morgan fingerprint density at radius 2 is 2.05 bits per heavy atom. The number of halogens is 3. The molecule has 1 rings (SSSR count). The molecule has 0 aromatic rings. The van der Waals surface area contributed by atoms with Gasteiger partial charge in [0.2, 0.25) is 0 Å². The van der Waals surface area contributed by atoms with Crippen LogP contribution in [0, 0.1) is 5.92 Å². The molecule has 0 aromatic carbocycles. The van der Waals surface area contributed by atoms with E-state index >= 15 is 0 Å². The first-order chi connectivity index (χ1) is 8.65. The van der Waals surface area contributed by atoms with Crippen molar-refractivity contribution in [2.24, 2.45) is 5.92 Å². The van der Waals surface area contributed by atoms with Gasteiger partial charge in [0.25, 0.3) is 0 Å². The van der Waals surface area contributed by atoms with Crippen molar-refractivity contribution in [3.63, 3.8) is 0 Å². The third-order valence-corrected chi connectivity index (χ3v) is 3.21. The van der Waals surface area contributed by atoms with Crippen LogP contribution in [0.2, 0.25) is 0 Å². The maximum Gasteiger partial charge on any atom is 0.405 e. The van der Waals surface area contributed by atoms with E-state index in [1.54, 1.807) is 5.32 Å². The van der Waals surface area contributed by atoms with Gasteiger partial charge >= 0.3 is 18.2 Å². The fourth-order valence-corrected chi connectivity index (χ4v) is 2.35. The Kier molecular flexibility index (Phi) is 4.65. The molecule has 19 heavy (non-hydrogen) atoms. The van der Waals surface area contributed by atoms with E-state index in [0.717, 1.165) is 6.42 Å². The maximum atomic E-state index is 12.0. The molecular formula is C11H17F3N2O3. The van der Waals surface area contributed by atoms with Crippen LogP contribution in [-0.2, 0) is 4.79 Å². The molecule has 8 heteroatoms. The predicted octanol–water partition coefficient (Wildman–Crippen LogP) is 1.88. The van der Waals surface area contributed by atoms with Crippen LogP contribution in [0.3, 0.4) is 0 Å². The van der Waals surface area contributed by atoms with Crippen molar-refractivity contribution in [3.8, 4) is 0 Å². The summed E-state index contributed by atoms with van der Waals surface area (Å²) in [5.74, 6) is -1.10. The van der Waals surface area contributed by atoms with E-state index in [1.165, 1.54) is 0 Å². The summed E-state index contributed by atoms with van der Waals surface area (Å²) in [7, 11) is 0. The fraction of sp³-hybridized carbons (Fsp3) is 0.818. The lowest BCUT2D eigenvalue weighted by atomic mass is 9.76. The summed E-state index contributed by atoms with van der Waals surface area (Å²) in [6.45, 7) is 0.371. The smallest absolute Gasteiger partial charge is 0.405 e. The molecule has 3 N–H and O–H groups in total. The number of amides is 2. The van der Waals surface area contributed by atoms with Gasteiger partial charge < -0.3 is 15.7 Å². The van der Waals surface area contributed by atoms with Gasteiger partial charge in [-0.25, -0.2) is 9.59 Å². The monoisotopic (exact) mass is 282 g/mol. The first kappa shape index (κ1) is 15.6.